The summed E-state index contributed by atoms with van der Waals surface area (Å²) in [5.74, 6) is 0.0949. The Kier molecular flexibility index (Phi) is 3.51. The molecular formula is C13H10N2O4. The summed E-state index contributed by atoms with van der Waals surface area (Å²) in [7, 11) is 0. The molecule has 0 saturated carbocycles. The van der Waals surface area contributed by atoms with E-state index in [-0.39, 0.29) is 23.1 Å². The van der Waals surface area contributed by atoms with Crippen molar-refractivity contribution in [1.29, 1.82) is 0 Å². The van der Waals surface area contributed by atoms with Crippen molar-refractivity contribution in [3.8, 4) is 11.6 Å². The highest BCUT2D eigenvalue weighted by Gasteiger charge is 2.15. The lowest BCUT2D eigenvalue weighted by Crippen LogP contribution is -1.97. The highest BCUT2D eigenvalue weighted by molar-refractivity contribution is 5.94. The Morgan fingerprint density at radius 3 is 2.74 bits per heavy atom. The number of benzene rings is 1. The van der Waals surface area contributed by atoms with Crippen LogP contribution in [0.1, 0.15) is 17.3 Å². The predicted octanol–water partition coefficient (Wildman–Crippen LogP) is 2.98. The molecule has 1 aromatic carbocycles. The average Bonchev–Trinajstić information content (AvgIpc) is 2.39. The predicted molar refractivity (Wildman–Crippen MR) is 67.4 cm³/mol. The minimum Gasteiger partial charge on any atom is -0.432 e. The van der Waals surface area contributed by atoms with E-state index in [2.05, 4.69) is 4.98 Å². The molecule has 0 aliphatic carbocycles. The Morgan fingerprint density at radius 2 is 2.05 bits per heavy atom. The highest BCUT2D eigenvalue weighted by Crippen LogP contribution is 2.29. The zero-order valence-electron chi connectivity index (χ0n) is 10.1. The molecule has 0 atom stereocenters. The second kappa shape index (κ2) is 5.26. The van der Waals surface area contributed by atoms with Gasteiger partial charge in [0.15, 0.2) is 5.78 Å². The lowest BCUT2D eigenvalue weighted by molar-refractivity contribution is -0.385. The summed E-state index contributed by atoms with van der Waals surface area (Å²) in [5.41, 5.74) is 0.279. The molecule has 0 N–H and O–H groups in total. The molecule has 0 saturated heterocycles. The molecule has 0 amide bonds. The van der Waals surface area contributed by atoms with Gasteiger partial charge in [-0.3, -0.25) is 14.9 Å². The third-order valence-electron chi connectivity index (χ3n) is 2.42. The molecule has 0 radical (unpaired) electrons. The van der Waals surface area contributed by atoms with E-state index in [9.17, 15) is 14.9 Å². The summed E-state index contributed by atoms with van der Waals surface area (Å²) < 4.78 is 5.36. The van der Waals surface area contributed by atoms with Crippen molar-refractivity contribution < 1.29 is 14.5 Å². The molecule has 1 aromatic heterocycles. The molecule has 2 aromatic rings. The SMILES string of the molecule is CC(=O)c1ccnc(Oc2ccccc2[N+](=O)[O-])c1. The van der Waals surface area contributed by atoms with Crippen LogP contribution in [0.2, 0.25) is 0 Å². The molecule has 0 spiro atoms. The number of carbonyl (C=O) groups excluding carboxylic acids is 1. The van der Waals surface area contributed by atoms with Gasteiger partial charge in [0.05, 0.1) is 4.92 Å². The first-order chi connectivity index (χ1) is 9.08. The fourth-order valence-corrected chi connectivity index (χ4v) is 1.49. The summed E-state index contributed by atoms with van der Waals surface area (Å²) in [6.07, 6.45) is 1.42. The summed E-state index contributed by atoms with van der Waals surface area (Å²) in [6.45, 7) is 1.42. The zero-order valence-corrected chi connectivity index (χ0v) is 10.1. The Bertz CT molecular complexity index is 640. The van der Waals surface area contributed by atoms with Crippen LogP contribution in [-0.4, -0.2) is 15.7 Å². The van der Waals surface area contributed by atoms with Gasteiger partial charge in [0, 0.05) is 23.9 Å². The quantitative estimate of drug-likeness (QED) is 0.478. The zero-order chi connectivity index (χ0) is 13.8. The van der Waals surface area contributed by atoms with Crippen molar-refractivity contribution in [3.63, 3.8) is 0 Å². The number of ether oxygens (including phenoxy) is 1. The number of aromatic nitrogens is 1. The number of carbonyl (C=O) groups is 1. The van der Waals surface area contributed by atoms with Crippen molar-refractivity contribution >= 4 is 11.5 Å². The van der Waals surface area contributed by atoms with Crippen LogP contribution in [0, 0.1) is 10.1 Å². The van der Waals surface area contributed by atoms with Crippen LogP contribution in [-0.2, 0) is 0 Å². The van der Waals surface area contributed by atoms with E-state index < -0.39 is 4.92 Å². The molecular weight excluding hydrogens is 248 g/mol. The molecule has 6 heteroatoms. The first-order valence-electron chi connectivity index (χ1n) is 5.46. The molecule has 0 aliphatic rings. The van der Waals surface area contributed by atoms with Crippen molar-refractivity contribution in [1.82, 2.24) is 4.98 Å². The minimum atomic E-state index is -0.538. The molecule has 0 fully saturated rings. The highest BCUT2D eigenvalue weighted by atomic mass is 16.6. The summed E-state index contributed by atoms with van der Waals surface area (Å²) >= 11 is 0. The number of para-hydroxylation sites is 2. The molecule has 0 unspecified atom stereocenters. The van der Waals surface area contributed by atoms with Gasteiger partial charge < -0.3 is 4.74 Å². The first kappa shape index (κ1) is 12.7. The summed E-state index contributed by atoms with van der Waals surface area (Å²) in [5, 5.41) is 10.8. The van der Waals surface area contributed by atoms with E-state index in [1.807, 2.05) is 0 Å². The Hall–Kier alpha value is -2.76. The largest absolute Gasteiger partial charge is 0.432 e. The van der Waals surface area contributed by atoms with Crippen molar-refractivity contribution in [2.75, 3.05) is 0 Å². The molecule has 19 heavy (non-hydrogen) atoms. The summed E-state index contributed by atoms with van der Waals surface area (Å²) in [6, 6.07) is 8.97. The number of rotatable bonds is 4. The van der Waals surface area contributed by atoms with Crippen LogP contribution in [0.25, 0.3) is 0 Å². The Balaban J connectivity index is 2.34. The number of hydrogen-bond acceptors (Lipinski definition) is 5. The van der Waals surface area contributed by atoms with Gasteiger partial charge in [-0.25, -0.2) is 4.98 Å². The average molecular weight is 258 g/mol. The number of nitro benzene ring substituents is 1. The second-order valence-electron chi connectivity index (χ2n) is 3.77. The fraction of sp³-hybridized carbons (Fsp3) is 0.0769. The van der Waals surface area contributed by atoms with Crippen LogP contribution in [0.3, 0.4) is 0 Å². The van der Waals surface area contributed by atoms with E-state index in [0.29, 0.717) is 5.56 Å². The molecule has 96 valence electrons. The third kappa shape index (κ3) is 2.92. The van der Waals surface area contributed by atoms with Crippen LogP contribution in [0.5, 0.6) is 11.6 Å². The normalized spacial score (nSPS) is 9.95. The maximum Gasteiger partial charge on any atom is 0.311 e. The molecule has 0 aliphatic heterocycles. The van der Waals surface area contributed by atoms with Crippen molar-refractivity contribution in [2.24, 2.45) is 0 Å². The van der Waals surface area contributed by atoms with E-state index in [0.717, 1.165) is 0 Å². The van der Waals surface area contributed by atoms with Gasteiger partial charge in [-0.1, -0.05) is 12.1 Å². The number of pyridine rings is 1. The smallest absolute Gasteiger partial charge is 0.311 e. The number of nitro groups is 1. The standard InChI is InChI=1S/C13H10N2O4/c1-9(16)10-6-7-14-13(8-10)19-12-5-3-2-4-11(12)15(17)18/h2-8H,1H3. The van der Waals surface area contributed by atoms with Gasteiger partial charge in [-0.05, 0) is 19.1 Å². The van der Waals surface area contributed by atoms with E-state index in [1.165, 1.54) is 31.3 Å². The minimum absolute atomic E-state index is 0.0840. The molecule has 6 nitrogen and oxygen atoms in total. The van der Waals surface area contributed by atoms with Gasteiger partial charge in [-0.2, -0.15) is 0 Å². The lowest BCUT2D eigenvalue weighted by atomic mass is 10.2. The van der Waals surface area contributed by atoms with Crippen LogP contribution in [0.15, 0.2) is 42.6 Å². The Labute approximate surface area is 108 Å². The molecule has 0 bridgehead atoms. The van der Waals surface area contributed by atoms with Crippen LogP contribution >= 0.6 is 0 Å². The van der Waals surface area contributed by atoms with E-state index in [4.69, 9.17) is 4.74 Å². The van der Waals surface area contributed by atoms with Gasteiger partial charge >= 0.3 is 5.69 Å². The monoisotopic (exact) mass is 258 g/mol. The van der Waals surface area contributed by atoms with Gasteiger partial charge in [0.1, 0.15) is 0 Å². The number of ketones is 1. The third-order valence-corrected chi connectivity index (χ3v) is 2.42. The maximum atomic E-state index is 11.2. The maximum absolute atomic E-state index is 11.2. The van der Waals surface area contributed by atoms with Gasteiger partial charge in [-0.15, -0.1) is 0 Å². The topological polar surface area (TPSA) is 82.3 Å². The molecule has 2 rings (SSSR count). The number of Topliss-reactive ketones (excluding diaryl/α,β-unsaturated/α-hetero) is 1. The van der Waals surface area contributed by atoms with Gasteiger partial charge in [0.2, 0.25) is 11.6 Å². The van der Waals surface area contributed by atoms with Crippen LogP contribution < -0.4 is 4.74 Å². The fourth-order valence-electron chi connectivity index (χ4n) is 1.49. The Morgan fingerprint density at radius 1 is 1.32 bits per heavy atom. The van der Waals surface area contributed by atoms with Crippen LogP contribution in [0.4, 0.5) is 5.69 Å². The van der Waals surface area contributed by atoms with Crippen molar-refractivity contribution in [3.05, 3.63) is 58.3 Å². The number of hydrogen-bond donors (Lipinski definition) is 0. The van der Waals surface area contributed by atoms with Gasteiger partial charge in [0.25, 0.3) is 0 Å². The summed E-state index contributed by atoms with van der Waals surface area (Å²) in [4.78, 5) is 25.5. The number of nitrogens with zero attached hydrogens (tertiary/aromatic N) is 2. The van der Waals surface area contributed by atoms with E-state index >= 15 is 0 Å². The molecule has 1 heterocycles. The van der Waals surface area contributed by atoms with Crippen molar-refractivity contribution in [2.45, 2.75) is 6.92 Å². The van der Waals surface area contributed by atoms with E-state index in [1.54, 1.807) is 18.2 Å². The lowest BCUT2D eigenvalue weighted by Gasteiger charge is -2.05. The second-order valence-corrected chi connectivity index (χ2v) is 3.77. The first-order valence-corrected chi connectivity index (χ1v) is 5.46.